The fourth-order valence-corrected chi connectivity index (χ4v) is 0.856. The minimum Gasteiger partial charge on any atom is -0.326 e. The quantitative estimate of drug-likeness (QED) is 0.433. The highest BCUT2D eigenvalue weighted by Crippen LogP contribution is 2.06. The van der Waals surface area contributed by atoms with Gasteiger partial charge >= 0.3 is 0 Å². The molecule has 0 saturated heterocycles. The lowest BCUT2D eigenvalue weighted by Gasteiger charge is -2.19. The van der Waals surface area contributed by atoms with Crippen LogP contribution in [0, 0.1) is 0 Å². The fraction of sp³-hybridized carbons (Fsp3) is 0.667. The molecule has 8 heavy (non-hydrogen) atoms. The number of hydrogen-bond acceptors (Lipinski definition) is 2. The zero-order chi connectivity index (χ0) is 5.98. The summed E-state index contributed by atoms with van der Waals surface area (Å²) in [5, 5.41) is 0. The summed E-state index contributed by atoms with van der Waals surface area (Å²) in [6, 6.07) is 0.389. The summed E-state index contributed by atoms with van der Waals surface area (Å²) in [5.74, 6) is 0. The van der Waals surface area contributed by atoms with Gasteiger partial charge in [-0.05, 0) is 12.8 Å². The van der Waals surface area contributed by atoms with Crippen LogP contribution in [0.1, 0.15) is 12.8 Å². The molecule has 4 N–H and O–H groups in total. The highest BCUT2D eigenvalue weighted by Gasteiger charge is 2.12. The van der Waals surface area contributed by atoms with Crippen molar-refractivity contribution in [1.82, 2.24) is 0 Å². The normalized spacial score (nSPS) is 37.8. The van der Waals surface area contributed by atoms with E-state index in [1.54, 1.807) is 0 Å². The molecule has 2 atom stereocenters. The molecule has 1 aliphatic rings. The van der Waals surface area contributed by atoms with Gasteiger partial charge in [-0.1, -0.05) is 12.2 Å². The maximum atomic E-state index is 5.60. The first kappa shape index (κ1) is 5.79. The Kier molecular flexibility index (Phi) is 1.65. The maximum absolute atomic E-state index is 5.60. The van der Waals surface area contributed by atoms with Crippen molar-refractivity contribution < 1.29 is 0 Å². The van der Waals surface area contributed by atoms with E-state index in [0.29, 0.717) is 0 Å². The van der Waals surface area contributed by atoms with Gasteiger partial charge in [0.2, 0.25) is 0 Å². The Morgan fingerprint density at radius 3 is 1.62 bits per heavy atom. The molecule has 0 spiro atoms. The van der Waals surface area contributed by atoms with Crippen LogP contribution in [0.15, 0.2) is 12.2 Å². The first-order valence-corrected chi connectivity index (χ1v) is 2.97. The third-order valence-electron chi connectivity index (χ3n) is 1.53. The van der Waals surface area contributed by atoms with Gasteiger partial charge in [-0.15, -0.1) is 0 Å². The van der Waals surface area contributed by atoms with Crippen LogP contribution in [0.3, 0.4) is 0 Å². The second-order valence-electron chi connectivity index (χ2n) is 2.27. The predicted molar refractivity (Wildman–Crippen MR) is 34.3 cm³/mol. The minimum atomic E-state index is 0.194. The van der Waals surface area contributed by atoms with Gasteiger partial charge in [0, 0.05) is 12.1 Å². The molecule has 0 amide bonds. The SMILES string of the molecule is N[C@H]1CC=CC[C@@H]1N. The summed E-state index contributed by atoms with van der Waals surface area (Å²) in [7, 11) is 0. The minimum absolute atomic E-state index is 0.194. The van der Waals surface area contributed by atoms with Crippen LogP contribution >= 0.6 is 0 Å². The van der Waals surface area contributed by atoms with Crippen LogP contribution in [-0.4, -0.2) is 12.1 Å². The smallest absolute Gasteiger partial charge is 0.0230 e. The Morgan fingerprint density at radius 2 is 1.38 bits per heavy atom. The van der Waals surface area contributed by atoms with E-state index in [-0.39, 0.29) is 12.1 Å². The van der Waals surface area contributed by atoms with E-state index in [1.807, 2.05) is 0 Å². The lowest BCUT2D eigenvalue weighted by atomic mass is 9.98. The van der Waals surface area contributed by atoms with Crippen molar-refractivity contribution >= 4 is 0 Å². The molecule has 0 fully saturated rings. The largest absolute Gasteiger partial charge is 0.326 e. The zero-order valence-electron chi connectivity index (χ0n) is 4.88. The fourth-order valence-electron chi connectivity index (χ4n) is 0.856. The lowest BCUT2D eigenvalue weighted by Crippen LogP contribution is -2.41. The molecule has 0 bridgehead atoms. The van der Waals surface area contributed by atoms with Crippen LogP contribution in [0.2, 0.25) is 0 Å². The summed E-state index contributed by atoms with van der Waals surface area (Å²) in [6.07, 6.45) is 6.07. The maximum Gasteiger partial charge on any atom is 0.0230 e. The van der Waals surface area contributed by atoms with E-state index in [9.17, 15) is 0 Å². The topological polar surface area (TPSA) is 52.0 Å². The summed E-state index contributed by atoms with van der Waals surface area (Å²) in [4.78, 5) is 0. The van der Waals surface area contributed by atoms with Crippen LogP contribution in [0.25, 0.3) is 0 Å². The Labute approximate surface area is 49.5 Å². The van der Waals surface area contributed by atoms with E-state index >= 15 is 0 Å². The molecule has 0 radical (unpaired) electrons. The Morgan fingerprint density at radius 1 is 1.00 bits per heavy atom. The molecule has 0 saturated carbocycles. The summed E-state index contributed by atoms with van der Waals surface area (Å²) in [6.45, 7) is 0. The Balaban J connectivity index is 2.44. The third kappa shape index (κ3) is 1.08. The second kappa shape index (κ2) is 2.29. The molecule has 0 heterocycles. The van der Waals surface area contributed by atoms with Crippen molar-refractivity contribution in [2.75, 3.05) is 0 Å². The van der Waals surface area contributed by atoms with Gasteiger partial charge in [0.15, 0.2) is 0 Å². The van der Waals surface area contributed by atoms with Crippen LogP contribution in [-0.2, 0) is 0 Å². The number of hydrogen-bond donors (Lipinski definition) is 2. The van der Waals surface area contributed by atoms with Crippen molar-refractivity contribution in [2.45, 2.75) is 24.9 Å². The average molecular weight is 112 g/mol. The van der Waals surface area contributed by atoms with Gasteiger partial charge in [0.25, 0.3) is 0 Å². The molecular weight excluding hydrogens is 100 g/mol. The highest BCUT2D eigenvalue weighted by atomic mass is 14.8. The third-order valence-corrected chi connectivity index (χ3v) is 1.53. The van der Waals surface area contributed by atoms with Crippen LogP contribution in [0.5, 0.6) is 0 Å². The molecule has 0 aromatic heterocycles. The highest BCUT2D eigenvalue weighted by molar-refractivity contribution is 4.98. The predicted octanol–water partition coefficient (Wildman–Crippen LogP) is -0.00900. The lowest BCUT2D eigenvalue weighted by molar-refractivity contribution is 0.516. The van der Waals surface area contributed by atoms with Gasteiger partial charge < -0.3 is 11.5 Å². The molecule has 1 rings (SSSR count). The van der Waals surface area contributed by atoms with Crippen molar-refractivity contribution in [1.29, 1.82) is 0 Å². The van der Waals surface area contributed by atoms with E-state index in [0.717, 1.165) is 12.8 Å². The van der Waals surface area contributed by atoms with Gasteiger partial charge in [0.1, 0.15) is 0 Å². The van der Waals surface area contributed by atoms with Crippen molar-refractivity contribution in [3.05, 3.63) is 12.2 Å². The molecule has 1 aliphatic carbocycles. The van der Waals surface area contributed by atoms with Crippen molar-refractivity contribution in [3.8, 4) is 0 Å². The summed E-state index contributed by atoms with van der Waals surface area (Å²) >= 11 is 0. The van der Waals surface area contributed by atoms with E-state index in [4.69, 9.17) is 11.5 Å². The van der Waals surface area contributed by atoms with Crippen molar-refractivity contribution in [2.24, 2.45) is 11.5 Å². The van der Waals surface area contributed by atoms with Crippen LogP contribution < -0.4 is 11.5 Å². The summed E-state index contributed by atoms with van der Waals surface area (Å²) < 4.78 is 0. The number of nitrogens with two attached hydrogens (primary N) is 2. The van der Waals surface area contributed by atoms with E-state index in [2.05, 4.69) is 12.2 Å². The molecule has 46 valence electrons. The van der Waals surface area contributed by atoms with Crippen molar-refractivity contribution in [3.63, 3.8) is 0 Å². The van der Waals surface area contributed by atoms with Gasteiger partial charge in [0.05, 0.1) is 0 Å². The first-order chi connectivity index (χ1) is 3.80. The molecule has 0 aromatic carbocycles. The van der Waals surface area contributed by atoms with E-state index in [1.165, 1.54) is 0 Å². The van der Waals surface area contributed by atoms with Gasteiger partial charge in [-0.2, -0.15) is 0 Å². The second-order valence-corrected chi connectivity index (χ2v) is 2.27. The zero-order valence-corrected chi connectivity index (χ0v) is 4.88. The standard InChI is InChI=1S/C6H12N2/c7-5-3-1-2-4-6(5)8/h1-2,5-6H,3-4,7-8H2/t5-,6-/m0/s1. The van der Waals surface area contributed by atoms with Crippen LogP contribution in [0.4, 0.5) is 0 Å². The Bertz CT molecular complexity index is 86.7. The number of rotatable bonds is 0. The Hall–Kier alpha value is -0.340. The molecule has 0 aliphatic heterocycles. The molecule has 2 heteroatoms. The average Bonchev–Trinajstić information content (AvgIpc) is 1.77. The van der Waals surface area contributed by atoms with Gasteiger partial charge in [-0.25, -0.2) is 0 Å². The summed E-state index contributed by atoms with van der Waals surface area (Å²) in [5.41, 5.74) is 11.2. The molecule has 2 nitrogen and oxygen atoms in total. The first-order valence-electron chi connectivity index (χ1n) is 2.97. The molecule has 0 aromatic rings. The molecule has 0 unspecified atom stereocenters. The van der Waals surface area contributed by atoms with Gasteiger partial charge in [-0.3, -0.25) is 0 Å². The monoisotopic (exact) mass is 112 g/mol. The van der Waals surface area contributed by atoms with E-state index < -0.39 is 0 Å². The molecular formula is C6H12N2.